The van der Waals surface area contributed by atoms with Gasteiger partial charge in [0.1, 0.15) is 18.2 Å². The first-order valence-corrected chi connectivity index (χ1v) is 8.59. The van der Waals surface area contributed by atoms with E-state index < -0.39 is 11.8 Å². The van der Waals surface area contributed by atoms with Crippen LogP contribution in [0.4, 0.5) is 14.9 Å². The maximum Gasteiger partial charge on any atom is 0.319 e. The number of carbonyl (C=O) groups excluding carboxylic acids is 1. The minimum atomic E-state index is -0.591. The van der Waals surface area contributed by atoms with E-state index in [2.05, 4.69) is 15.6 Å². The summed E-state index contributed by atoms with van der Waals surface area (Å²) in [6, 6.07) is 16.5. The lowest BCUT2D eigenvalue weighted by Gasteiger charge is -2.10. The predicted molar refractivity (Wildman–Crippen MR) is 102 cm³/mol. The summed E-state index contributed by atoms with van der Waals surface area (Å²) in [4.78, 5) is 16.1. The molecule has 0 saturated heterocycles. The molecule has 0 aliphatic carbocycles. The normalized spacial score (nSPS) is 10.3. The van der Waals surface area contributed by atoms with Crippen LogP contribution >= 0.6 is 11.6 Å². The van der Waals surface area contributed by atoms with E-state index in [0.717, 1.165) is 17.3 Å². The zero-order chi connectivity index (χ0) is 19.1. The van der Waals surface area contributed by atoms with Crippen LogP contribution in [0, 0.1) is 5.82 Å². The fourth-order valence-corrected chi connectivity index (χ4v) is 2.44. The van der Waals surface area contributed by atoms with Crippen LogP contribution in [0.1, 0.15) is 11.3 Å². The molecule has 0 aliphatic heterocycles. The quantitative estimate of drug-likeness (QED) is 0.642. The number of hydrogen-bond acceptors (Lipinski definition) is 3. The third-order valence-electron chi connectivity index (χ3n) is 3.67. The van der Waals surface area contributed by atoms with Crippen molar-refractivity contribution < 1.29 is 13.9 Å². The molecule has 3 rings (SSSR count). The van der Waals surface area contributed by atoms with Gasteiger partial charge in [-0.2, -0.15) is 0 Å². The first-order valence-electron chi connectivity index (χ1n) is 8.22. The number of carbonyl (C=O) groups is 1. The summed E-state index contributed by atoms with van der Waals surface area (Å²) in [5.41, 5.74) is 1.79. The number of rotatable bonds is 6. The molecule has 2 amide bonds. The van der Waals surface area contributed by atoms with E-state index in [1.165, 1.54) is 12.1 Å². The van der Waals surface area contributed by atoms with Gasteiger partial charge in [0.05, 0.1) is 11.4 Å². The maximum absolute atomic E-state index is 13.7. The Morgan fingerprint density at radius 3 is 2.63 bits per heavy atom. The highest BCUT2D eigenvalue weighted by atomic mass is 35.5. The lowest BCUT2D eigenvalue weighted by atomic mass is 10.2. The molecule has 0 atom stereocenters. The largest absolute Gasteiger partial charge is 0.487 e. The second kappa shape index (κ2) is 9.00. The van der Waals surface area contributed by atoms with Gasteiger partial charge in [-0.1, -0.05) is 29.8 Å². The number of aromatic nitrogens is 1. The van der Waals surface area contributed by atoms with Crippen LogP contribution in [0.5, 0.6) is 5.75 Å². The Morgan fingerprint density at radius 2 is 1.93 bits per heavy atom. The number of pyridine rings is 1. The number of nitrogens with one attached hydrogen (secondary N) is 2. The van der Waals surface area contributed by atoms with Gasteiger partial charge in [0.25, 0.3) is 0 Å². The van der Waals surface area contributed by atoms with Crippen molar-refractivity contribution in [3.63, 3.8) is 0 Å². The van der Waals surface area contributed by atoms with Crippen LogP contribution in [0.2, 0.25) is 5.02 Å². The van der Waals surface area contributed by atoms with E-state index >= 15 is 0 Å². The number of halogens is 2. The van der Waals surface area contributed by atoms with Gasteiger partial charge in [-0.25, -0.2) is 9.18 Å². The van der Waals surface area contributed by atoms with Crippen LogP contribution in [-0.2, 0) is 13.2 Å². The molecule has 3 aromatic rings. The predicted octanol–water partition coefficient (Wildman–Crippen LogP) is 4.77. The van der Waals surface area contributed by atoms with Gasteiger partial charge in [-0.3, -0.25) is 4.98 Å². The molecule has 0 unspecified atom stereocenters. The van der Waals surface area contributed by atoms with Crippen LogP contribution in [0.15, 0.2) is 66.9 Å². The van der Waals surface area contributed by atoms with Crippen molar-refractivity contribution in [2.75, 3.05) is 5.32 Å². The average molecular weight is 386 g/mol. The first-order chi connectivity index (χ1) is 13.1. The van der Waals surface area contributed by atoms with Crippen molar-refractivity contribution >= 4 is 23.3 Å². The monoisotopic (exact) mass is 385 g/mol. The van der Waals surface area contributed by atoms with E-state index in [1.807, 2.05) is 42.5 Å². The number of benzene rings is 2. The SMILES string of the molecule is O=C(NCc1ccc(OCc2ccccn2)cc1)Nc1ccc(Cl)cc1F. The topological polar surface area (TPSA) is 63.2 Å². The smallest absolute Gasteiger partial charge is 0.319 e. The molecule has 2 N–H and O–H groups in total. The molecular weight excluding hydrogens is 369 g/mol. The lowest BCUT2D eigenvalue weighted by molar-refractivity contribution is 0.251. The Kier molecular flexibility index (Phi) is 6.22. The Bertz CT molecular complexity index is 905. The summed E-state index contributed by atoms with van der Waals surface area (Å²) in [5.74, 6) is 0.115. The third-order valence-corrected chi connectivity index (χ3v) is 3.90. The Labute approximate surface area is 161 Å². The van der Waals surface area contributed by atoms with Gasteiger partial charge in [0.15, 0.2) is 0 Å². The van der Waals surface area contributed by atoms with Crippen molar-refractivity contribution in [2.45, 2.75) is 13.2 Å². The standard InChI is InChI=1S/C20H17ClFN3O2/c21-15-6-9-19(18(22)11-15)25-20(26)24-12-14-4-7-17(8-5-14)27-13-16-3-1-2-10-23-16/h1-11H,12-13H2,(H2,24,25,26). The Hall–Kier alpha value is -3.12. The molecule has 1 aromatic heterocycles. The molecule has 1 heterocycles. The van der Waals surface area contributed by atoms with E-state index in [0.29, 0.717) is 18.9 Å². The third kappa shape index (κ3) is 5.69. The molecule has 7 heteroatoms. The molecular formula is C20H17ClFN3O2. The number of urea groups is 1. The van der Waals surface area contributed by atoms with Gasteiger partial charge in [0, 0.05) is 17.8 Å². The maximum atomic E-state index is 13.7. The van der Waals surface area contributed by atoms with Crippen LogP contribution in [0.25, 0.3) is 0 Å². The van der Waals surface area contributed by atoms with Crippen molar-refractivity contribution in [3.8, 4) is 5.75 Å². The van der Waals surface area contributed by atoms with Crippen LogP contribution in [-0.4, -0.2) is 11.0 Å². The molecule has 0 saturated carbocycles. The van der Waals surface area contributed by atoms with Gasteiger partial charge in [-0.05, 0) is 48.0 Å². The molecule has 5 nitrogen and oxygen atoms in total. The molecule has 27 heavy (non-hydrogen) atoms. The zero-order valence-corrected chi connectivity index (χ0v) is 15.0. The zero-order valence-electron chi connectivity index (χ0n) is 14.3. The van der Waals surface area contributed by atoms with Crippen LogP contribution < -0.4 is 15.4 Å². The summed E-state index contributed by atoms with van der Waals surface area (Å²) in [6.07, 6.45) is 1.72. The fourth-order valence-electron chi connectivity index (χ4n) is 2.28. The number of amides is 2. The van der Waals surface area contributed by atoms with Gasteiger partial charge in [0.2, 0.25) is 0 Å². The molecule has 0 bridgehead atoms. The van der Waals surface area contributed by atoms with E-state index in [-0.39, 0.29) is 10.7 Å². The van der Waals surface area contributed by atoms with Gasteiger partial charge < -0.3 is 15.4 Å². The van der Waals surface area contributed by atoms with E-state index in [1.54, 1.807) is 6.20 Å². The van der Waals surface area contributed by atoms with Crippen molar-refractivity contribution in [1.29, 1.82) is 0 Å². The number of hydrogen-bond donors (Lipinski definition) is 2. The highest BCUT2D eigenvalue weighted by molar-refractivity contribution is 6.30. The second-order valence-corrected chi connectivity index (χ2v) is 6.12. The molecule has 0 aliphatic rings. The van der Waals surface area contributed by atoms with Crippen molar-refractivity contribution in [3.05, 3.63) is 89.0 Å². The second-order valence-electron chi connectivity index (χ2n) is 5.69. The lowest BCUT2D eigenvalue weighted by Crippen LogP contribution is -2.28. The van der Waals surface area contributed by atoms with Gasteiger partial charge in [-0.15, -0.1) is 0 Å². The highest BCUT2D eigenvalue weighted by Crippen LogP contribution is 2.19. The fraction of sp³-hybridized carbons (Fsp3) is 0.100. The molecule has 0 radical (unpaired) electrons. The minimum Gasteiger partial charge on any atom is -0.487 e. The summed E-state index contributed by atoms with van der Waals surface area (Å²) >= 11 is 5.68. The van der Waals surface area contributed by atoms with E-state index in [9.17, 15) is 9.18 Å². The number of ether oxygens (including phenoxy) is 1. The summed E-state index contributed by atoms with van der Waals surface area (Å²) in [7, 11) is 0. The van der Waals surface area contributed by atoms with Crippen LogP contribution in [0.3, 0.4) is 0 Å². The molecule has 0 spiro atoms. The summed E-state index contributed by atoms with van der Waals surface area (Å²) in [6.45, 7) is 0.676. The Morgan fingerprint density at radius 1 is 1.11 bits per heavy atom. The number of nitrogens with zero attached hydrogens (tertiary/aromatic N) is 1. The van der Waals surface area contributed by atoms with Gasteiger partial charge >= 0.3 is 6.03 Å². The highest BCUT2D eigenvalue weighted by Gasteiger charge is 2.07. The summed E-state index contributed by atoms with van der Waals surface area (Å²) < 4.78 is 19.3. The van der Waals surface area contributed by atoms with Crippen molar-refractivity contribution in [1.82, 2.24) is 10.3 Å². The molecule has 2 aromatic carbocycles. The van der Waals surface area contributed by atoms with Crippen molar-refractivity contribution in [2.24, 2.45) is 0 Å². The first kappa shape index (κ1) is 18.7. The summed E-state index contributed by atoms with van der Waals surface area (Å²) in [5, 5.41) is 5.38. The number of anilines is 1. The van der Waals surface area contributed by atoms with E-state index in [4.69, 9.17) is 16.3 Å². The molecule has 138 valence electrons. The average Bonchev–Trinajstić information content (AvgIpc) is 2.68. The molecule has 0 fully saturated rings. The minimum absolute atomic E-state index is 0.0650. The Balaban J connectivity index is 1.47.